The van der Waals surface area contributed by atoms with Crippen LogP contribution >= 0.6 is 34.9 Å². The van der Waals surface area contributed by atoms with Gasteiger partial charge in [-0.15, -0.1) is 0 Å². The maximum atomic E-state index is 9.38. The normalized spacial score (nSPS) is 22.7. The van der Waals surface area contributed by atoms with Crippen LogP contribution in [0.2, 0.25) is 10.0 Å². The Balaban J connectivity index is 1.97. The van der Waals surface area contributed by atoms with Crippen LogP contribution in [-0.2, 0) is 0 Å². The molecule has 1 aliphatic rings. The van der Waals surface area contributed by atoms with Gasteiger partial charge in [-0.3, -0.25) is 0 Å². The fourth-order valence-electron chi connectivity index (χ4n) is 2.83. The van der Waals surface area contributed by atoms with E-state index < -0.39 is 0 Å². The number of anilines is 1. The maximum Gasteiger partial charge on any atom is 0.130 e. The highest BCUT2D eigenvalue weighted by molar-refractivity contribution is 7.00. The molecule has 2 atom stereocenters. The largest absolute Gasteiger partial charge is 0.378 e. The van der Waals surface area contributed by atoms with Crippen LogP contribution in [0.15, 0.2) is 6.07 Å². The van der Waals surface area contributed by atoms with E-state index in [2.05, 4.69) is 20.1 Å². The standard InChI is InChI=1S/C14H14Cl2N4S/c15-9-6-10(16)13-14(20-21-19-13)12(9)18-11-5-3-1-2-4-8(11)7-17/h6,8,11,18H,1-5H2. The van der Waals surface area contributed by atoms with Crippen molar-refractivity contribution < 1.29 is 0 Å². The van der Waals surface area contributed by atoms with Gasteiger partial charge < -0.3 is 5.32 Å². The Morgan fingerprint density at radius 1 is 1.14 bits per heavy atom. The molecule has 1 heterocycles. The molecule has 0 bridgehead atoms. The van der Waals surface area contributed by atoms with E-state index in [9.17, 15) is 5.26 Å². The van der Waals surface area contributed by atoms with E-state index in [1.807, 2.05) is 0 Å². The Morgan fingerprint density at radius 2 is 1.90 bits per heavy atom. The fraction of sp³-hybridized carbons (Fsp3) is 0.500. The Hall–Kier alpha value is -1.09. The lowest BCUT2D eigenvalue weighted by Gasteiger charge is -2.23. The van der Waals surface area contributed by atoms with Crippen molar-refractivity contribution in [2.24, 2.45) is 5.92 Å². The molecule has 2 aromatic rings. The number of nitriles is 1. The quantitative estimate of drug-likeness (QED) is 0.791. The van der Waals surface area contributed by atoms with E-state index in [-0.39, 0.29) is 12.0 Å². The molecule has 4 nitrogen and oxygen atoms in total. The van der Waals surface area contributed by atoms with Crippen molar-refractivity contribution >= 4 is 51.7 Å². The molecular weight excluding hydrogens is 327 g/mol. The summed E-state index contributed by atoms with van der Waals surface area (Å²) in [6, 6.07) is 4.21. The van der Waals surface area contributed by atoms with Crippen LogP contribution in [0, 0.1) is 17.2 Å². The van der Waals surface area contributed by atoms with Gasteiger partial charge >= 0.3 is 0 Å². The zero-order valence-electron chi connectivity index (χ0n) is 11.3. The van der Waals surface area contributed by atoms with Gasteiger partial charge in [0.1, 0.15) is 11.0 Å². The van der Waals surface area contributed by atoms with Crippen molar-refractivity contribution in [3.63, 3.8) is 0 Å². The number of halogens is 2. The zero-order chi connectivity index (χ0) is 14.8. The minimum atomic E-state index is 0.000824. The van der Waals surface area contributed by atoms with Gasteiger partial charge in [0.05, 0.1) is 39.4 Å². The minimum Gasteiger partial charge on any atom is -0.378 e. The van der Waals surface area contributed by atoms with Crippen LogP contribution in [-0.4, -0.2) is 14.8 Å². The second kappa shape index (κ2) is 6.35. The van der Waals surface area contributed by atoms with E-state index in [0.29, 0.717) is 21.1 Å². The predicted molar refractivity (Wildman–Crippen MR) is 87.0 cm³/mol. The first-order valence-electron chi connectivity index (χ1n) is 6.97. The lowest BCUT2D eigenvalue weighted by atomic mass is 9.96. The molecule has 0 amide bonds. The van der Waals surface area contributed by atoms with Crippen molar-refractivity contribution in [3.8, 4) is 6.07 Å². The zero-order valence-corrected chi connectivity index (χ0v) is 13.6. The van der Waals surface area contributed by atoms with Crippen LogP contribution in [0.4, 0.5) is 5.69 Å². The number of hydrogen-bond donors (Lipinski definition) is 1. The molecule has 1 aliphatic carbocycles. The Bertz CT molecular complexity index is 694. The molecule has 0 saturated heterocycles. The molecule has 3 rings (SSSR count). The number of hydrogen-bond acceptors (Lipinski definition) is 5. The van der Waals surface area contributed by atoms with Gasteiger partial charge in [0, 0.05) is 6.04 Å². The Morgan fingerprint density at radius 3 is 2.71 bits per heavy atom. The summed E-state index contributed by atoms with van der Waals surface area (Å²) in [5.41, 5.74) is 2.10. The molecule has 21 heavy (non-hydrogen) atoms. The van der Waals surface area contributed by atoms with E-state index >= 15 is 0 Å². The monoisotopic (exact) mass is 340 g/mol. The lowest BCUT2D eigenvalue weighted by Crippen LogP contribution is -2.27. The van der Waals surface area contributed by atoms with Crippen LogP contribution in [0.25, 0.3) is 11.0 Å². The average molecular weight is 341 g/mol. The number of nitrogens with zero attached hydrogens (tertiary/aromatic N) is 3. The first kappa shape index (κ1) is 14.8. The second-order valence-corrected chi connectivity index (χ2v) is 6.64. The molecule has 2 unspecified atom stereocenters. The summed E-state index contributed by atoms with van der Waals surface area (Å²) in [7, 11) is 0. The van der Waals surface area contributed by atoms with Crippen molar-refractivity contribution in [1.29, 1.82) is 5.26 Å². The van der Waals surface area contributed by atoms with Crippen molar-refractivity contribution in [3.05, 3.63) is 16.1 Å². The van der Waals surface area contributed by atoms with Gasteiger partial charge in [-0.05, 0) is 18.9 Å². The van der Waals surface area contributed by atoms with Gasteiger partial charge in [-0.25, -0.2) is 0 Å². The molecule has 1 aromatic carbocycles. The minimum absolute atomic E-state index is 0.000824. The first-order valence-corrected chi connectivity index (χ1v) is 8.45. The highest BCUT2D eigenvalue weighted by Gasteiger charge is 2.25. The molecule has 7 heteroatoms. The summed E-state index contributed by atoms with van der Waals surface area (Å²) >= 11 is 13.6. The third-order valence-electron chi connectivity index (χ3n) is 3.96. The molecule has 1 N–H and O–H groups in total. The molecule has 0 spiro atoms. The third-order valence-corrected chi connectivity index (χ3v) is 5.07. The second-order valence-electron chi connectivity index (χ2n) is 5.30. The van der Waals surface area contributed by atoms with E-state index in [4.69, 9.17) is 23.2 Å². The molecular formula is C14H14Cl2N4S. The summed E-state index contributed by atoms with van der Waals surface area (Å²) < 4.78 is 8.50. The van der Waals surface area contributed by atoms with Crippen molar-refractivity contribution in [1.82, 2.24) is 8.75 Å². The molecule has 1 saturated carbocycles. The van der Waals surface area contributed by atoms with Crippen LogP contribution in [0.3, 0.4) is 0 Å². The van der Waals surface area contributed by atoms with Crippen molar-refractivity contribution in [2.75, 3.05) is 5.32 Å². The summed E-state index contributed by atoms with van der Waals surface area (Å²) in [5.74, 6) is 0.000824. The average Bonchev–Trinajstić information content (AvgIpc) is 2.85. The number of rotatable bonds is 2. The molecule has 110 valence electrons. The van der Waals surface area contributed by atoms with E-state index in [1.54, 1.807) is 6.07 Å². The van der Waals surface area contributed by atoms with Gasteiger partial charge in [0.2, 0.25) is 0 Å². The predicted octanol–water partition coefficient (Wildman–Crippen LogP) is 4.88. The molecule has 0 aliphatic heterocycles. The SMILES string of the molecule is N#CC1CCCCCC1Nc1c(Cl)cc(Cl)c2nsnc12. The number of benzene rings is 1. The highest BCUT2D eigenvalue weighted by Crippen LogP contribution is 2.37. The Labute approximate surface area is 137 Å². The summed E-state index contributed by atoms with van der Waals surface area (Å²) in [4.78, 5) is 0. The van der Waals surface area contributed by atoms with Gasteiger partial charge in [0.25, 0.3) is 0 Å². The van der Waals surface area contributed by atoms with Crippen LogP contribution in [0.1, 0.15) is 32.1 Å². The summed E-state index contributed by atoms with van der Waals surface area (Å²) in [6.45, 7) is 0. The molecule has 1 fully saturated rings. The summed E-state index contributed by atoms with van der Waals surface area (Å²) in [5, 5.41) is 13.9. The fourth-order valence-corrected chi connectivity index (χ4v) is 4.00. The molecule has 1 aromatic heterocycles. The van der Waals surface area contributed by atoms with Crippen LogP contribution < -0.4 is 5.32 Å². The number of nitrogens with one attached hydrogen (secondary N) is 1. The number of aromatic nitrogens is 2. The van der Waals surface area contributed by atoms with E-state index in [1.165, 1.54) is 6.42 Å². The third kappa shape index (κ3) is 2.94. The van der Waals surface area contributed by atoms with E-state index in [0.717, 1.165) is 43.1 Å². The van der Waals surface area contributed by atoms with Gasteiger partial charge in [0.15, 0.2) is 0 Å². The lowest BCUT2D eigenvalue weighted by molar-refractivity contribution is 0.514. The topological polar surface area (TPSA) is 61.6 Å². The van der Waals surface area contributed by atoms with Gasteiger partial charge in [-0.2, -0.15) is 14.0 Å². The maximum absolute atomic E-state index is 9.38. The molecule has 0 radical (unpaired) electrons. The highest BCUT2D eigenvalue weighted by atomic mass is 35.5. The van der Waals surface area contributed by atoms with Crippen molar-refractivity contribution in [2.45, 2.75) is 38.1 Å². The summed E-state index contributed by atoms with van der Waals surface area (Å²) in [6.07, 6.45) is 5.31. The Kier molecular flexibility index (Phi) is 4.48. The smallest absolute Gasteiger partial charge is 0.130 e. The van der Waals surface area contributed by atoms with Gasteiger partial charge in [-0.1, -0.05) is 42.5 Å². The first-order chi connectivity index (χ1) is 10.2. The van der Waals surface area contributed by atoms with Crippen LogP contribution in [0.5, 0.6) is 0 Å². The number of fused-ring (bicyclic) bond motifs is 1.